The molecule has 4 rings (SSSR count). The Labute approximate surface area is 129 Å². The van der Waals surface area contributed by atoms with Crippen LogP contribution < -0.4 is 0 Å². The molecule has 0 saturated heterocycles. The van der Waals surface area contributed by atoms with Crippen LogP contribution in [0.1, 0.15) is 26.8 Å². The molecule has 0 saturated carbocycles. The third-order valence-electron chi connectivity index (χ3n) is 4.08. The molecule has 1 aliphatic carbocycles. The maximum Gasteiger partial charge on any atom is 0.0373 e. The van der Waals surface area contributed by atoms with Gasteiger partial charge in [-0.25, -0.2) is 0 Å². The second kappa shape index (κ2) is 5.01. The van der Waals surface area contributed by atoms with Gasteiger partial charge in [0.2, 0.25) is 0 Å². The van der Waals surface area contributed by atoms with Crippen LogP contribution in [0, 0.1) is 6.92 Å². The summed E-state index contributed by atoms with van der Waals surface area (Å²) in [6, 6.07) is 21.8. The van der Waals surface area contributed by atoms with E-state index in [4.69, 9.17) is 0 Å². The molecule has 0 nitrogen and oxygen atoms in total. The number of hydrogen-bond acceptors (Lipinski definition) is 1. The Bertz CT molecular complexity index is 809. The van der Waals surface area contributed by atoms with Crippen LogP contribution in [0.3, 0.4) is 0 Å². The van der Waals surface area contributed by atoms with Gasteiger partial charge >= 0.3 is 0 Å². The van der Waals surface area contributed by atoms with Crippen molar-refractivity contribution in [3.63, 3.8) is 0 Å². The van der Waals surface area contributed by atoms with Crippen molar-refractivity contribution in [3.8, 4) is 11.1 Å². The molecule has 1 heterocycles. The normalized spacial score (nSPS) is 16.1. The molecule has 3 aromatic rings. The first-order valence-electron chi connectivity index (χ1n) is 7.26. The number of rotatable bonds is 2. The summed E-state index contributed by atoms with van der Waals surface area (Å²) in [6.07, 6.45) is 4.62. The van der Waals surface area contributed by atoms with Crippen LogP contribution in [0.4, 0.5) is 0 Å². The summed E-state index contributed by atoms with van der Waals surface area (Å²) in [5.41, 5.74) is 5.43. The molecule has 102 valence electrons. The van der Waals surface area contributed by atoms with Gasteiger partial charge < -0.3 is 0 Å². The van der Waals surface area contributed by atoms with Gasteiger partial charge in [0.1, 0.15) is 0 Å². The van der Waals surface area contributed by atoms with E-state index in [0.29, 0.717) is 5.92 Å². The van der Waals surface area contributed by atoms with Gasteiger partial charge in [-0.2, -0.15) is 0 Å². The van der Waals surface area contributed by atoms with Crippen LogP contribution in [0.2, 0.25) is 0 Å². The Balaban J connectivity index is 1.83. The number of fused-ring (bicyclic) bond motifs is 1. The van der Waals surface area contributed by atoms with Crippen molar-refractivity contribution in [2.45, 2.75) is 12.8 Å². The average molecular weight is 288 g/mol. The Kier molecular flexibility index (Phi) is 3.01. The Hall–Kier alpha value is -2.12. The smallest absolute Gasteiger partial charge is 0.0373 e. The Morgan fingerprint density at radius 3 is 2.48 bits per heavy atom. The standard InChI is InChI=1S/C20H16S/c1-14-10-13-20(21-14)19-12-11-18-16(8-5-9-17(18)19)15-6-3-2-4-7-15/h2-13,19H,1H3. The summed E-state index contributed by atoms with van der Waals surface area (Å²) in [4.78, 5) is 2.82. The lowest BCUT2D eigenvalue weighted by molar-refractivity contribution is 1.09. The number of hydrogen-bond donors (Lipinski definition) is 0. The van der Waals surface area contributed by atoms with Gasteiger partial charge in [0.15, 0.2) is 0 Å². The van der Waals surface area contributed by atoms with E-state index in [1.54, 1.807) is 0 Å². The second-order valence-corrected chi connectivity index (χ2v) is 6.78. The molecular formula is C20H16S. The highest BCUT2D eigenvalue weighted by Gasteiger charge is 2.22. The fourth-order valence-corrected chi connectivity index (χ4v) is 4.05. The van der Waals surface area contributed by atoms with Crippen molar-refractivity contribution in [1.82, 2.24) is 0 Å². The molecule has 0 fully saturated rings. The summed E-state index contributed by atoms with van der Waals surface area (Å²) in [7, 11) is 0. The van der Waals surface area contributed by atoms with E-state index in [2.05, 4.69) is 79.7 Å². The van der Waals surface area contributed by atoms with Crippen LogP contribution >= 0.6 is 11.3 Å². The molecule has 21 heavy (non-hydrogen) atoms. The molecule has 0 amide bonds. The molecule has 0 N–H and O–H groups in total. The molecule has 0 bridgehead atoms. The summed E-state index contributed by atoms with van der Waals surface area (Å²) in [5, 5.41) is 0. The minimum Gasteiger partial charge on any atom is -0.145 e. The third kappa shape index (κ3) is 2.14. The van der Waals surface area contributed by atoms with E-state index >= 15 is 0 Å². The van der Waals surface area contributed by atoms with Crippen molar-refractivity contribution < 1.29 is 0 Å². The lowest BCUT2D eigenvalue weighted by Gasteiger charge is -2.12. The number of allylic oxidation sites excluding steroid dienone is 1. The van der Waals surface area contributed by atoms with Crippen LogP contribution in [-0.2, 0) is 0 Å². The minimum atomic E-state index is 0.419. The fourth-order valence-electron chi connectivity index (χ4n) is 3.07. The largest absolute Gasteiger partial charge is 0.145 e. The van der Waals surface area contributed by atoms with Crippen molar-refractivity contribution in [1.29, 1.82) is 0 Å². The lowest BCUT2D eigenvalue weighted by Crippen LogP contribution is -1.94. The first-order chi connectivity index (χ1) is 10.3. The SMILES string of the molecule is Cc1ccc(C2C=Cc3c(-c4ccccc4)cccc32)s1. The zero-order valence-corrected chi connectivity index (χ0v) is 12.7. The van der Waals surface area contributed by atoms with Crippen LogP contribution in [0.25, 0.3) is 17.2 Å². The van der Waals surface area contributed by atoms with Crippen LogP contribution in [0.15, 0.2) is 66.7 Å². The van der Waals surface area contributed by atoms with Crippen molar-refractivity contribution in [2.24, 2.45) is 0 Å². The van der Waals surface area contributed by atoms with E-state index in [1.807, 2.05) is 11.3 Å². The van der Waals surface area contributed by atoms with E-state index in [9.17, 15) is 0 Å². The van der Waals surface area contributed by atoms with Gasteiger partial charge in [0, 0.05) is 15.7 Å². The van der Waals surface area contributed by atoms with Crippen molar-refractivity contribution in [2.75, 3.05) is 0 Å². The monoisotopic (exact) mass is 288 g/mol. The lowest BCUT2D eigenvalue weighted by atomic mass is 9.93. The highest BCUT2D eigenvalue weighted by molar-refractivity contribution is 7.12. The summed E-state index contributed by atoms with van der Waals surface area (Å²) < 4.78 is 0. The number of benzene rings is 2. The average Bonchev–Trinajstić information content (AvgIpc) is 3.13. The van der Waals surface area contributed by atoms with Crippen LogP contribution in [0.5, 0.6) is 0 Å². The quantitative estimate of drug-likeness (QED) is 0.552. The molecule has 1 unspecified atom stereocenters. The fraction of sp³-hybridized carbons (Fsp3) is 0.100. The molecule has 1 aliphatic rings. The zero-order chi connectivity index (χ0) is 14.2. The van der Waals surface area contributed by atoms with E-state index in [1.165, 1.54) is 32.0 Å². The first-order valence-corrected chi connectivity index (χ1v) is 8.07. The Morgan fingerprint density at radius 2 is 1.71 bits per heavy atom. The maximum absolute atomic E-state index is 2.34. The first kappa shape index (κ1) is 12.6. The highest BCUT2D eigenvalue weighted by atomic mass is 32.1. The summed E-state index contributed by atoms with van der Waals surface area (Å²) >= 11 is 1.90. The number of aryl methyl sites for hydroxylation is 1. The van der Waals surface area contributed by atoms with Gasteiger partial charge in [-0.15, -0.1) is 11.3 Å². The molecule has 2 aromatic carbocycles. The molecular weight excluding hydrogens is 272 g/mol. The molecule has 0 aliphatic heterocycles. The van der Waals surface area contributed by atoms with Gasteiger partial charge in [-0.3, -0.25) is 0 Å². The van der Waals surface area contributed by atoms with Gasteiger partial charge in [0.25, 0.3) is 0 Å². The highest BCUT2D eigenvalue weighted by Crippen LogP contribution is 2.41. The zero-order valence-electron chi connectivity index (χ0n) is 11.9. The van der Waals surface area contributed by atoms with Gasteiger partial charge in [-0.1, -0.05) is 60.7 Å². The predicted molar refractivity (Wildman–Crippen MR) is 91.8 cm³/mol. The summed E-state index contributed by atoms with van der Waals surface area (Å²) in [5.74, 6) is 0.419. The molecule has 1 atom stereocenters. The molecule has 0 radical (unpaired) electrons. The topological polar surface area (TPSA) is 0 Å². The third-order valence-corrected chi connectivity index (χ3v) is 5.17. The molecule has 1 heteroatoms. The number of thiophene rings is 1. The van der Waals surface area contributed by atoms with E-state index in [0.717, 1.165) is 0 Å². The van der Waals surface area contributed by atoms with Crippen molar-refractivity contribution in [3.05, 3.63) is 87.6 Å². The summed E-state index contributed by atoms with van der Waals surface area (Å²) in [6.45, 7) is 2.17. The van der Waals surface area contributed by atoms with Crippen molar-refractivity contribution >= 4 is 17.4 Å². The van der Waals surface area contributed by atoms with E-state index < -0.39 is 0 Å². The van der Waals surface area contributed by atoms with Gasteiger partial charge in [0.05, 0.1) is 0 Å². The Morgan fingerprint density at radius 1 is 0.857 bits per heavy atom. The van der Waals surface area contributed by atoms with Gasteiger partial charge in [-0.05, 0) is 41.3 Å². The minimum absolute atomic E-state index is 0.419. The van der Waals surface area contributed by atoms with E-state index in [-0.39, 0.29) is 0 Å². The maximum atomic E-state index is 2.34. The predicted octanol–water partition coefficient (Wildman–Crippen LogP) is 5.88. The molecule has 0 spiro atoms. The second-order valence-electron chi connectivity index (χ2n) is 5.46. The molecule has 1 aromatic heterocycles. The van der Waals surface area contributed by atoms with Crippen LogP contribution in [-0.4, -0.2) is 0 Å².